The van der Waals surface area contributed by atoms with Crippen molar-refractivity contribution >= 4 is 31.7 Å². The second-order valence-corrected chi connectivity index (χ2v) is 5.32. The molecule has 0 saturated carbocycles. The van der Waals surface area contributed by atoms with Gasteiger partial charge in [0.1, 0.15) is 12.1 Å². The molecule has 0 aromatic rings. The minimum atomic E-state index is -5.14. The maximum absolute atomic E-state index is 10.4. The van der Waals surface area contributed by atoms with Crippen LogP contribution in [0.15, 0.2) is 0 Å². The fourth-order valence-corrected chi connectivity index (χ4v) is 0.842. The smallest absolute Gasteiger partial charge is 1.00 e. The molecule has 0 rings (SSSR count). The molecule has 0 bridgehead atoms. The molecule has 2 amide bonds. The molecular weight excluding hydrogens is 487 g/mol. The zero-order chi connectivity index (χ0) is 20.8. The third-order valence-electron chi connectivity index (χ3n) is 2.04. The summed E-state index contributed by atoms with van der Waals surface area (Å²) in [5.74, 6) is -3.28. The quantitative estimate of drug-likeness (QED) is 0.112. The monoisotopic (exact) mass is 508 g/mol. The predicted octanol–water partition coefficient (Wildman–Crippen LogP) is -14.6. The van der Waals surface area contributed by atoms with Gasteiger partial charge in [0.25, 0.3) is 0 Å². The molecule has 0 aromatic heterocycles. The van der Waals surface area contributed by atoms with Crippen LogP contribution in [0.2, 0.25) is 0 Å². The van der Waals surface area contributed by atoms with Gasteiger partial charge in [-0.25, -0.2) is 4.57 Å². The zero-order valence-electron chi connectivity index (χ0n) is 15.7. The van der Waals surface area contributed by atoms with Gasteiger partial charge in [-0.1, -0.05) is 0 Å². The number of rotatable bonds is 8. The summed E-state index contributed by atoms with van der Waals surface area (Å²) in [4.78, 5) is 54.2. The summed E-state index contributed by atoms with van der Waals surface area (Å²) in [7, 11) is -5.14. The van der Waals surface area contributed by atoms with Gasteiger partial charge in [0.2, 0.25) is 11.8 Å². The number of amides is 2. The van der Waals surface area contributed by atoms with E-state index in [1.165, 1.54) is 0 Å². The van der Waals surface area contributed by atoms with E-state index in [4.69, 9.17) is 47.5 Å². The summed E-state index contributed by atoms with van der Waals surface area (Å²) in [5, 5.41) is 16.4. The Morgan fingerprint density at radius 2 is 0.966 bits per heavy atom. The van der Waals surface area contributed by atoms with Crippen LogP contribution in [0.25, 0.3) is 0 Å². The van der Waals surface area contributed by atoms with Crippen molar-refractivity contribution in [3.63, 3.8) is 0 Å². The first kappa shape index (κ1) is 47.3. The maximum atomic E-state index is 10.4. The van der Waals surface area contributed by atoms with Crippen molar-refractivity contribution in [3.8, 4) is 0 Å². The Balaban J connectivity index is -0.0000000490. The van der Waals surface area contributed by atoms with E-state index in [-0.39, 0.29) is 110 Å². The van der Waals surface area contributed by atoms with Gasteiger partial charge >= 0.3 is 79.0 Å². The average Bonchev–Trinajstić information content (AvgIpc) is 2.40. The molecule has 0 heterocycles. The van der Waals surface area contributed by atoms with Gasteiger partial charge in [-0.3, -0.25) is 29.0 Å². The summed E-state index contributed by atoms with van der Waals surface area (Å²) in [5.41, 5.74) is 19.6. The minimum absolute atomic E-state index is 0. The van der Waals surface area contributed by atoms with E-state index >= 15 is 0 Å². The summed E-state index contributed by atoms with van der Waals surface area (Å²) in [6.45, 7) is 0. The molecule has 19 heteroatoms. The Kier molecular flexibility index (Phi) is 43.2. The molecule has 29 heavy (non-hydrogen) atoms. The van der Waals surface area contributed by atoms with Crippen LogP contribution in [0.5, 0.6) is 0 Å². The number of carboxylic acid groups (broad SMARTS) is 2. The van der Waals surface area contributed by atoms with Gasteiger partial charge in [0.15, 0.2) is 0 Å². The van der Waals surface area contributed by atoms with Gasteiger partial charge in [-0.05, 0) is 12.8 Å². The molecule has 0 aliphatic heterocycles. The fraction of sp³-hybridized carbons (Fsp3) is 0.600. The molecule has 0 spiro atoms. The first-order chi connectivity index (χ1) is 11.1. The number of hydrogen-bond donors (Lipinski definition) is 8. The number of nitrogens with two attached hydrogens (primary N) is 4. The van der Waals surface area contributed by atoms with Gasteiger partial charge < -0.3 is 58.0 Å². The Morgan fingerprint density at radius 1 is 0.793 bits per heavy atom. The van der Waals surface area contributed by atoms with E-state index in [0.717, 1.165) is 0 Å². The van der Waals surface area contributed by atoms with Gasteiger partial charge in [0, 0.05) is 12.8 Å². The first-order valence-electron chi connectivity index (χ1n) is 6.36. The van der Waals surface area contributed by atoms with Gasteiger partial charge in [-0.2, -0.15) is 0 Å². The molecule has 164 valence electrons. The molecule has 0 unspecified atom stereocenters. The van der Waals surface area contributed by atoms with E-state index in [1.54, 1.807) is 0 Å². The van der Waals surface area contributed by atoms with Crippen molar-refractivity contribution in [2.45, 2.75) is 37.8 Å². The van der Waals surface area contributed by atoms with Crippen LogP contribution in [0.1, 0.15) is 25.7 Å². The van der Waals surface area contributed by atoms with E-state index < -0.39 is 43.7 Å². The van der Waals surface area contributed by atoms with Crippen molar-refractivity contribution in [1.82, 2.24) is 0 Å². The second-order valence-electron chi connectivity index (χ2n) is 4.37. The third kappa shape index (κ3) is 58.5. The van der Waals surface area contributed by atoms with Crippen LogP contribution >= 0.6 is 7.91 Å². The van der Waals surface area contributed by atoms with Crippen LogP contribution in [0.3, 0.4) is 0 Å². The average molecular weight is 509 g/mol. The van der Waals surface area contributed by atoms with Crippen LogP contribution < -0.4 is 107 Å². The second kappa shape index (κ2) is 26.5. The number of carbonyl (C=O) groups excluding carboxylic acids is 2. The predicted molar refractivity (Wildman–Crippen MR) is 81.2 cm³/mol. The first-order valence-corrected chi connectivity index (χ1v) is 7.86. The van der Waals surface area contributed by atoms with Crippen molar-refractivity contribution < 1.29 is 132 Å². The normalized spacial score (nSPS) is 10.7. The molecule has 0 aliphatic carbocycles. The van der Waals surface area contributed by atoms with E-state index in [9.17, 15) is 23.4 Å². The Morgan fingerprint density at radius 3 is 1.07 bits per heavy atom. The molecule has 12 N–H and O–H groups in total. The molecule has 0 saturated heterocycles. The van der Waals surface area contributed by atoms with Crippen LogP contribution in [-0.4, -0.2) is 55.8 Å². The number of hydrogen-bond acceptors (Lipinski definition) is 7. The number of carbonyl (C=O) groups is 4. The molecule has 0 fully saturated rings. The summed E-state index contributed by atoms with van der Waals surface area (Å²) in [6.07, 6.45) is 0.246. The Hall–Kier alpha value is 0.460. The fourth-order valence-electron chi connectivity index (χ4n) is 0.842. The van der Waals surface area contributed by atoms with Crippen LogP contribution in [0, 0.1) is 0 Å². The molecular formula is C10H22Cl2FN4Na2O9P. The van der Waals surface area contributed by atoms with E-state index in [0.29, 0.717) is 0 Å². The number of carboxylic acids is 2. The van der Waals surface area contributed by atoms with Crippen molar-refractivity contribution in [3.05, 3.63) is 0 Å². The summed E-state index contributed by atoms with van der Waals surface area (Å²) < 4.78 is 19.0. The topological polar surface area (TPSA) is 270 Å². The number of primary amides is 2. The molecule has 0 radical (unpaired) electrons. The molecule has 13 nitrogen and oxygen atoms in total. The van der Waals surface area contributed by atoms with Crippen molar-refractivity contribution in [2.24, 2.45) is 22.9 Å². The van der Waals surface area contributed by atoms with Crippen molar-refractivity contribution in [2.75, 3.05) is 0 Å². The standard InChI is InChI=1S/2C5H10N2O3.2ClH.FH2O3P.2Na/c2*6-3(5(9)10)1-2-4(7)8;;;1-5(2,3)4;;/h2*3H,1-2,6H2,(H2,7,8)(H,9,10);2*1H;(H2,2,3,4);;/q;;;;;2*+1/p-2/t2*3-;;;;;/m00...../s1. The minimum Gasteiger partial charge on any atom is -1.00 e. The van der Waals surface area contributed by atoms with Gasteiger partial charge in [0.05, 0.1) is 0 Å². The van der Waals surface area contributed by atoms with Crippen LogP contribution in [0.4, 0.5) is 4.20 Å². The van der Waals surface area contributed by atoms with Crippen molar-refractivity contribution in [1.29, 1.82) is 0 Å². The summed E-state index contributed by atoms with van der Waals surface area (Å²) >= 11 is 0. The van der Waals surface area contributed by atoms with E-state index in [1.807, 2.05) is 0 Å². The van der Waals surface area contributed by atoms with Gasteiger partial charge in [-0.15, -0.1) is 4.20 Å². The van der Waals surface area contributed by atoms with Crippen LogP contribution in [-0.2, 0) is 23.7 Å². The zero-order valence-corrected chi connectivity index (χ0v) is 22.1. The number of halogens is 3. The molecule has 2 atom stereocenters. The SMILES string of the molecule is NC(=O)CC[C@H](N)C(=O)O.NC(=O)CC[C@H](N)C(=O)O.O=P(O)(O)F.[Cl-].[Cl-].[Na+].[Na+]. The Labute approximate surface area is 222 Å². The Bertz CT molecular complexity index is 477. The maximum Gasteiger partial charge on any atom is 1.00 e. The number of aliphatic carboxylic acids is 2. The largest absolute Gasteiger partial charge is 1.00 e. The van der Waals surface area contributed by atoms with E-state index in [2.05, 4.69) is 0 Å². The third-order valence-corrected chi connectivity index (χ3v) is 2.04. The summed E-state index contributed by atoms with van der Waals surface area (Å²) in [6, 6.07) is -1.96. The molecule has 0 aliphatic rings. The molecule has 0 aromatic carbocycles.